The molecular formula is C40H59NO17. The highest BCUT2D eigenvalue weighted by atomic mass is 16.7. The standard InChI is InChI=1S/C40H59NO17/c1-2-36-3-5-37(6-4-36)35-56-32-31-54-28-27-52-24-23-50-20-19-48-16-15-46-12-11-45-13-14-47-17-18-49-21-22-51-25-26-53-29-30-55-33-34-57-40(42)58-39-9-7-38(8-10-39)41(43)44/h1,3-10H,11-35H2. The van der Waals surface area contributed by atoms with Crippen LogP contribution in [0.4, 0.5) is 10.5 Å². The van der Waals surface area contributed by atoms with Crippen LogP contribution in [0.25, 0.3) is 0 Å². The fourth-order valence-corrected chi connectivity index (χ4v) is 4.25. The summed E-state index contributed by atoms with van der Waals surface area (Å²) in [5.41, 5.74) is 1.82. The molecule has 2 aromatic rings. The molecule has 2 rings (SSSR count). The number of hydrogen-bond donors (Lipinski definition) is 0. The quantitative estimate of drug-likeness (QED) is 0.0237. The van der Waals surface area contributed by atoms with E-state index >= 15 is 0 Å². The molecule has 0 aromatic heterocycles. The lowest BCUT2D eigenvalue weighted by atomic mass is 10.1. The van der Waals surface area contributed by atoms with Crippen molar-refractivity contribution < 1.29 is 76.0 Å². The Kier molecular flexibility index (Phi) is 32.5. The third-order valence-corrected chi connectivity index (χ3v) is 7.18. The molecule has 0 saturated heterocycles. The van der Waals surface area contributed by atoms with Crippen LogP contribution in [0.15, 0.2) is 48.5 Å². The van der Waals surface area contributed by atoms with Crippen molar-refractivity contribution in [2.45, 2.75) is 6.61 Å². The van der Waals surface area contributed by atoms with Gasteiger partial charge in [-0.3, -0.25) is 10.1 Å². The average molecular weight is 826 g/mol. The Morgan fingerprint density at radius 3 is 1.09 bits per heavy atom. The SMILES string of the molecule is C#Cc1ccc(COCCOCCOCCOCCOCCOCCOCCOCCOCCOCCOCCOCCOC(=O)Oc2ccc([N+](=O)[O-])cc2)cc1. The molecule has 0 aliphatic heterocycles. The molecule has 0 N–H and O–H groups in total. The summed E-state index contributed by atoms with van der Waals surface area (Å²) in [4.78, 5) is 21.7. The van der Waals surface area contributed by atoms with Crippen LogP contribution in [0.2, 0.25) is 0 Å². The van der Waals surface area contributed by atoms with Crippen molar-refractivity contribution in [3.63, 3.8) is 0 Å². The van der Waals surface area contributed by atoms with Crippen molar-refractivity contribution >= 4 is 11.8 Å². The number of ether oxygens (including phenoxy) is 14. The van der Waals surface area contributed by atoms with Crippen LogP contribution in [0.1, 0.15) is 11.1 Å². The molecule has 18 heteroatoms. The second kappa shape index (κ2) is 37.5. The van der Waals surface area contributed by atoms with E-state index in [0.717, 1.165) is 11.1 Å². The minimum Gasteiger partial charge on any atom is -0.432 e. The molecule has 0 aliphatic rings. The summed E-state index contributed by atoms with van der Waals surface area (Å²) in [7, 11) is 0. The van der Waals surface area contributed by atoms with Gasteiger partial charge >= 0.3 is 6.16 Å². The van der Waals surface area contributed by atoms with Crippen LogP contribution < -0.4 is 4.74 Å². The van der Waals surface area contributed by atoms with Gasteiger partial charge < -0.3 is 66.3 Å². The van der Waals surface area contributed by atoms with Crippen LogP contribution in [0, 0.1) is 22.5 Å². The fraction of sp³-hybridized carbons (Fsp3) is 0.625. The molecule has 0 heterocycles. The van der Waals surface area contributed by atoms with Gasteiger partial charge in [-0.25, -0.2) is 4.79 Å². The monoisotopic (exact) mass is 825 g/mol. The van der Waals surface area contributed by atoms with Crippen LogP contribution in [-0.4, -0.2) is 170 Å². The molecule has 0 amide bonds. The highest BCUT2D eigenvalue weighted by Gasteiger charge is 2.09. The molecule has 0 aliphatic carbocycles. The lowest BCUT2D eigenvalue weighted by Gasteiger charge is -2.09. The van der Waals surface area contributed by atoms with Crippen LogP contribution >= 0.6 is 0 Å². The molecule has 0 spiro atoms. The van der Waals surface area contributed by atoms with Gasteiger partial charge in [0.15, 0.2) is 0 Å². The second-order valence-electron chi connectivity index (χ2n) is 11.6. The van der Waals surface area contributed by atoms with Crippen molar-refractivity contribution in [1.29, 1.82) is 0 Å². The molecule has 0 fully saturated rings. The summed E-state index contributed by atoms with van der Waals surface area (Å²) in [5.74, 6) is 2.73. The summed E-state index contributed by atoms with van der Waals surface area (Å²) in [6, 6.07) is 12.8. The number of carbonyl (C=O) groups excluding carboxylic acids is 1. The molecule has 0 radical (unpaired) electrons. The molecule has 326 valence electrons. The molecule has 0 saturated carbocycles. The number of terminal acetylenes is 1. The summed E-state index contributed by atoms with van der Waals surface area (Å²) < 4.78 is 75.4. The Morgan fingerprint density at radius 1 is 0.466 bits per heavy atom. The van der Waals surface area contributed by atoms with Gasteiger partial charge in [0, 0.05) is 17.7 Å². The van der Waals surface area contributed by atoms with E-state index in [4.69, 9.17) is 72.7 Å². The van der Waals surface area contributed by atoms with E-state index in [1.54, 1.807) is 0 Å². The first kappa shape index (κ1) is 50.3. The Balaban J connectivity index is 1.15. The minimum absolute atomic E-state index is 0.0121. The average Bonchev–Trinajstić information content (AvgIpc) is 3.23. The maximum absolute atomic E-state index is 11.6. The van der Waals surface area contributed by atoms with Crippen molar-refractivity contribution in [3.05, 3.63) is 69.8 Å². The number of non-ortho nitro benzene ring substituents is 1. The van der Waals surface area contributed by atoms with Gasteiger partial charge in [0.05, 0.1) is 163 Å². The van der Waals surface area contributed by atoms with E-state index in [-0.39, 0.29) is 24.7 Å². The zero-order valence-corrected chi connectivity index (χ0v) is 33.3. The van der Waals surface area contributed by atoms with Crippen molar-refractivity contribution in [2.75, 3.05) is 159 Å². The Hall–Kier alpha value is -3.81. The molecule has 2 aromatic carbocycles. The van der Waals surface area contributed by atoms with E-state index < -0.39 is 11.1 Å². The largest absolute Gasteiger partial charge is 0.513 e. The number of hydrogen-bond acceptors (Lipinski definition) is 17. The molecule has 58 heavy (non-hydrogen) atoms. The first-order valence-corrected chi connectivity index (χ1v) is 19.2. The lowest BCUT2D eigenvalue weighted by Crippen LogP contribution is -2.16. The van der Waals surface area contributed by atoms with E-state index in [2.05, 4.69) is 5.92 Å². The first-order chi connectivity index (χ1) is 28.6. The molecule has 0 unspecified atom stereocenters. The second-order valence-corrected chi connectivity index (χ2v) is 11.6. The zero-order valence-electron chi connectivity index (χ0n) is 33.3. The summed E-state index contributed by atoms with van der Waals surface area (Å²) in [5, 5.41) is 10.6. The van der Waals surface area contributed by atoms with Crippen molar-refractivity contribution in [1.82, 2.24) is 0 Å². The van der Waals surface area contributed by atoms with Crippen LogP contribution in [0.3, 0.4) is 0 Å². The van der Waals surface area contributed by atoms with Gasteiger partial charge in [0.1, 0.15) is 12.4 Å². The predicted octanol–water partition coefficient (Wildman–Crippen LogP) is 3.49. The first-order valence-electron chi connectivity index (χ1n) is 19.2. The lowest BCUT2D eigenvalue weighted by molar-refractivity contribution is -0.384. The van der Waals surface area contributed by atoms with Crippen molar-refractivity contribution in [2.24, 2.45) is 0 Å². The van der Waals surface area contributed by atoms with E-state index in [1.807, 2.05) is 24.3 Å². The van der Waals surface area contributed by atoms with E-state index in [0.29, 0.717) is 152 Å². The summed E-state index contributed by atoms with van der Waals surface area (Å²) in [6.07, 6.45) is 4.42. The summed E-state index contributed by atoms with van der Waals surface area (Å²) >= 11 is 0. The number of benzene rings is 2. The predicted molar refractivity (Wildman–Crippen MR) is 208 cm³/mol. The third-order valence-electron chi connectivity index (χ3n) is 7.18. The zero-order chi connectivity index (χ0) is 41.4. The smallest absolute Gasteiger partial charge is 0.432 e. The Labute approximate surface area is 340 Å². The maximum atomic E-state index is 11.6. The van der Waals surface area contributed by atoms with Gasteiger partial charge in [0.25, 0.3) is 5.69 Å². The number of rotatable bonds is 40. The van der Waals surface area contributed by atoms with Crippen LogP contribution in [-0.2, 0) is 68.2 Å². The summed E-state index contributed by atoms with van der Waals surface area (Å²) in [6.45, 7) is 10.8. The number of carbonyl (C=O) groups is 1. The third kappa shape index (κ3) is 30.3. The number of nitrogens with zero attached hydrogens (tertiary/aromatic N) is 1. The normalized spacial score (nSPS) is 11.1. The highest BCUT2D eigenvalue weighted by Crippen LogP contribution is 2.17. The molecule has 18 nitrogen and oxygen atoms in total. The molecular weight excluding hydrogens is 766 g/mol. The van der Waals surface area contributed by atoms with Gasteiger partial charge in [-0.05, 0) is 29.8 Å². The topological polar surface area (TPSA) is 189 Å². The van der Waals surface area contributed by atoms with Gasteiger partial charge in [0.2, 0.25) is 0 Å². The van der Waals surface area contributed by atoms with Crippen molar-refractivity contribution in [3.8, 4) is 18.1 Å². The number of nitro groups is 1. The maximum Gasteiger partial charge on any atom is 0.513 e. The minimum atomic E-state index is -0.930. The molecule has 0 atom stereocenters. The van der Waals surface area contributed by atoms with Gasteiger partial charge in [-0.15, -0.1) is 6.42 Å². The fourth-order valence-electron chi connectivity index (χ4n) is 4.25. The van der Waals surface area contributed by atoms with Crippen LogP contribution in [0.5, 0.6) is 5.75 Å². The van der Waals surface area contributed by atoms with Gasteiger partial charge in [-0.2, -0.15) is 0 Å². The number of nitro benzene ring substituents is 1. The van der Waals surface area contributed by atoms with E-state index in [9.17, 15) is 14.9 Å². The van der Waals surface area contributed by atoms with Gasteiger partial charge in [-0.1, -0.05) is 18.1 Å². The molecule has 0 bridgehead atoms. The Bertz CT molecular complexity index is 1310. The highest BCUT2D eigenvalue weighted by molar-refractivity contribution is 5.63. The Morgan fingerprint density at radius 2 is 0.776 bits per heavy atom. The van der Waals surface area contributed by atoms with E-state index in [1.165, 1.54) is 24.3 Å².